The number of pyridine rings is 2. The van der Waals surface area contributed by atoms with E-state index in [-0.39, 0.29) is 12.0 Å². The summed E-state index contributed by atoms with van der Waals surface area (Å²) in [5, 5.41) is 22.6. The molecular formula is C22H22ClN5O3S. The van der Waals surface area contributed by atoms with Crippen LogP contribution in [0.15, 0.2) is 24.5 Å². The highest BCUT2D eigenvalue weighted by atomic mass is 35.5. The highest BCUT2D eigenvalue weighted by molar-refractivity contribution is 7.15. The smallest absolute Gasteiger partial charge is 0.259 e. The van der Waals surface area contributed by atoms with Crippen LogP contribution in [0, 0.1) is 12.3 Å². The molecular weight excluding hydrogens is 450 g/mol. The Bertz CT molecular complexity index is 1190. The number of nitrogens with one attached hydrogen (secondary N) is 1. The number of anilines is 1. The van der Waals surface area contributed by atoms with Gasteiger partial charge in [-0.3, -0.25) is 15.1 Å². The van der Waals surface area contributed by atoms with Crippen molar-refractivity contribution < 1.29 is 14.6 Å². The van der Waals surface area contributed by atoms with Crippen LogP contribution >= 0.6 is 22.9 Å². The summed E-state index contributed by atoms with van der Waals surface area (Å²) in [7, 11) is 1.54. The molecule has 8 nitrogen and oxygen atoms in total. The van der Waals surface area contributed by atoms with Gasteiger partial charge in [0.1, 0.15) is 15.9 Å². The normalized spacial score (nSPS) is 24.0. The molecule has 32 heavy (non-hydrogen) atoms. The lowest BCUT2D eigenvalue weighted by molar-refractivity contribution is -0.0924. The van der Waals surface area contributed by atoms with E-state index in [4.69, 9.17) is 16.3 Å². The third kappa shape index (κ3) is 3.85. The maximum Gasteiger partial charge on any atom is 0.259 e. The number of hydrogen-bond acceptors (Lipinski definition) is 8. The average Bonchev–Trinajstić information content (AvgIpc) is 3.17. The maximum absolute atomic E-state index is 13.1. The third-order valence-corrected chi connectivity index (χ3v) is 7.54. The number of carbonyl (C=O) groups excluding carboxylic acids is 1. The van der Waals surface area contributed by atoms with Crippen molar-refractivity contribution in [1.82, 2.24) is 20.2 Å². The molecule has 166 valence electrons. The van der Waals surface area contributed by atoms with E-state index in [1.165, 1.54) is 23.7 Å². The molecule has 0 unspecified atom stereocenters. The van der Waals surface area contributed by atoms with Gasteiger partial charge in [-0.25, -0.2) is 4.98 Å². The second kappa shape index (κ2) is 8.06. The summed E-state index contributed by atoms with van der Waals surface area (Å²) in [6.07, 6.45) is 6.75. The molecule has 0 bridgehead atoms. The molecule has 1 spiro atoms. The first-order valence-corrected chi connectivity index (χ1v) is 11.5. The van der Waals surface area contributed by atoms with Crippen molar-refractivity contribution in [2.45, 2.75) is 44.6 Å². The minimum absolute atomic E-state index is 0.147. The summed E-state index contributed by atoms with van der Waals surface area (Å²) in [6, 6.07) is 3.48. The third-order valence-electron chi connectivity index (χ3n) is 6.34. The molecule has 0 radical (unpaired) electrons. The first-order chi connectivity index (χ1) is 15.4. The van der Waals surface area contributed by atoms with Gasteiger partial charge >= 0.3 is 0 Å². The van der Waals surface area contributed by atoms with E-state index >= 15 is 0 Å². The van der Waals surface area contributed by atoms with Crippen molar-refractivity contribution >= 4 is 34.0 Å². The largest absolute Gasteiger partial charge is 0.494 e. The van der Waals surface area contributed by atoms with E-state index in [0.29, 0.717) is 44.1 Å². The fraction of sp³-hybridized carbons (Fsp3) is 0.409. The Balaban J connectivity index is 1.36. The van der Waals surface area contributed by atoms with Gasteiger partial charge < -0.3 is 9.84 Å². The first-order valence-electron chi connectivity index (χ1n) is 10.4. The van der Waals surface area contributed by atoms with Gasteiger partial charge in [0.05, 0.1) is 25.0 Å². The summed E-state index contributed by atoms with van der Waals surface area (Å²) in [4.78, 5) is 21.5. The molecule has 2 aliphatic rings. The van der Waals surface area contributed by atoms with E-state index < -0.39 is 0 Å². The molecule has 0 atom stereocenters. The molecule has 1 amide bonds. The van der Waals surface area contributed by atoms with Crippen molar-refractivity contribution in [2.24, 2.45) is 5.41 Å². The van der Waals surface area contributed by atoms with E-state index in [1.54, 1.807) is 13.2 Å². The molecule has 3 aromatic heterocycles. The Morgan fingerprint density at radius 3 is 2.69 bits per heavy atom. The molecule has 0 saturated heterocycles. The zero-order valence-corrected chi connectivity index (χ0v) is 19.2. The minimum atomic E-state index is -0.336. The lowest BCUT2D eigenvalue weighted by Gasteiger charge is -2.55. The van der Waals surface area contributed by atoms with Gasteiger partial charge in [-0.15, -0.1) is 10.2 Å². The van der Waals surface area contributed by atoms with E-state index in [1.807, 2.05) is 13.0 Å². The molecule has 0 aromatic carbocycles. The van der Waals surface area contributed by atoms with E-state index in [2.05, 4.69) is 25.5 Å². The predicted molar refractivity (Wildman–Crippen MR) is 121 cm³/mol. The molecule has 2 saturated carbocycles. The number of halogens is 1. The summed E-state index contributed by atoms with van der Waals surface area (Å²) in [6.45, 7) is 1.85. The predicted octanol–water partition coefficient (Wildman–Crippen LogP) is 4.24. The van der Waals surface area contributed by atoms with E-state index in [0.717, 1.165) is 36.4 Å². The molecule has 10 heteroatoms. The quantitative estimate of drug-likeness (QED) is 0.535. The number of aliphatic hydroxyl groups excluding tert-OH is 1. The molecule has 5 rings (SSSR count). The second-order valence-electron chi connectivity index (χ2n) is 8.65. The van der Waals surface area contributed by atoms with Crippen LogP contribution in [0.4, 0.5) is 5.13 Å². The Morgan fingerprint density at radius 1 is 1.19 bits per heavy atom. The van der Waals surface area contributed by atoms with Crippen LogP contribution < -0.4 is 10.1 Å². The van der Waals surface area contributed by atoms with Gasteiger partial charge in [0.2, 0.25) is 5.13 Å². The van der Waals surface area contributed by atoms with Crippen LogP contribution in [0.1, 0.15) is 52.7 Å². The first kappa shape index (κ1) is 21.2. The Hall–Kier alpha value is -2.62. The van der Waals surface area contributed by atoms with Crippen molar-refractivity contribution in [2.75, 3.05) is 12.4 Å². The highest BCUT2D eigenvalue weighted by Crippen LogP contribution is 2.62. The average molecular weight is 472 g/mol. The molecule has 2 aliphatic carbocycles. The Kier molecular flexibility index (Phi) is 5.35. The number of rotatable bonds is 5. The van der Waals surface area contributed by atoms with Gasteiger partial charge in [0.15, 0.2) is 0 Å². The number of methoxy groups -OCH3 is 1. The van der Waals surface area contributed by atoms with Crippen molar-refractivity contribution in [3.63, 3.8) is 0 Å². The number of carbonyl (C=O) groups is 1. The molecule has 3 heterocycles. The second-order valence-corrected chi connectivity index (χ2v) is 10.0. The Labute approximate surface area is 194 Å². The number of aliphatic hydroxyl groups is 1. The van der Waals surface area contributed by atoms with Crippen molar-refractivity contribution in [1.29, 1.82) is 0 Å². The number of amides is 1. The van der Waals surface area contributed by atoms with E-state index in [9.17, 15) is 9.90 Å². The highest BCUT2D eigenvalue weighted by Gasteiger charge is 2.53. The van der Waals surface area contributed by atoms with Crippen LogP contribution in [0.5, 0.6) is 5.75 Å². The van der Waals surface area contributed by atoms with Gasteiger partial charge in [-0.1, -0.05) is 22.9 Å². The topological polar surface area (TPSA) is 110 Å². The van der Waals surface area contributed by atoms with Gasteiger partial charge in [-0.05, 0) is 50.2 Å². The molecule has 2 N–H and O–H groups in total. The maximum atomic E-state index is 13.1. The van der Waals surface area contributed by atoms with Gasteiger partial charge in [0, 0.05) is 28.9 Å². The number of aryl methyl sites for hydroxylation is 1. The number of ether oxygens (including phenoxy) is 1. The summed E-state index contributed by atoms with van der Waals surface area (Å²) < 4.78 is 5.42. The molecule has 0 aliphatic heterocycles. The lowest BCUT2D eigenvalue weighted by Crippen LogP contribution is -2.49. The summed E-state index contributed by atoms with van der Waals surface area (Å²) >= 11 is 7.50. The van der Waals surface area contributed by atoms with Crippen LogP contribution in [-0.2, 0) is 0 Å². The standard InChI is InChI=1S/C22H22ClN5O3S/c1-11-3-14(15-4-18(23)25-10-17(15)31-2)16(9-24-11)19(30)26-21-28-27-20(32-21)12-5-22(6-12)7-13(29)8-22/h3-4,9-10,12-13,29H,5-8H2,1-2H3,(H,26,28,30). The fourth-order valence-corrected chi connectivity index (χ4v) is 5.80. The van der Waals surface area contributed by atoms with Crippen molar-refractivity contribution in [3.05, 3.63) is 45.9 Å². The number of aromatic nitrogens is 4. The Morgan fingerprint density at radius 2 is 1.97 bits per heavy atom. The van der Waals surface area contributed by atoms with Gasteiger partial charge in [-0.2, -0.15) is 0 Å². The van der Waals surface area contributed by atoms with Gasteiger partial charge in [0.25, 0.3) is 5.91 Å². The summed E-state index contributed by atoms with van der Waals surface area (Å²) in [5.74, 6) is 0.523. The number of hydrogen-bond donors (Lipinski definition) is 2. The van der Waals surface area contributed by atoms with Crippen LogP contribution in [0.25, 0.3) is 11.1 Å². The van der Waals surface area contributed by atoms with Crippen LogP contribution in [-0.4, -0.2) is 44.4 Å². The zero-order valence-electron chi connectivity index (χ0n) is 17.6. The summed E-state index contributed by atoms with van der Waals surface area (Å²) in [5.41, 5.74) is 2.73. The molecule has 2 fully saturated rings. The number of nitrogens with zero attached hydrogens (tertiary/aromatic N) is 4. The van der Waals surface area contributed by atoms with Crippen LogP contribution in [0.3, 0.4) is 0 Å². The zero-order chi connectivity index (χ0) is 22.5. The van der Waals surface area contributed by atoms with Crippen LogP contribution in [0.2, 0.25) is 5.15 Å². The lowest BCUT2D eigenvalue weighted by atomic mass is 9.51. The SMILES string of the molecule is COc1cnc(Cl)cc1-c1cc(C)ncc1C(=O)Nc1nnc(C2CC3(CC(O)C3)C2)s1. The monoisotopic (exact) mass is 471 g/mol. The fourth-order valence-electron chi connectivity index (χ4n) is 4.80. The minimum Gasteiger partial charge on any atom is -0.494 e. The molecule has 3 aromatic rings. The van der Waals surface area contributed by atoms with Crippen molar-refractivity contribution in [3.8, 4) is 16.9 Å².